The standard InChI is InChI=1S/C16H13ClF3N3O/c1-10-13(14(17)23(2)22-10)15(24)21-8-4-6-11-5-3-7-12(9-11)16(18,19)20/h3,5,7,9H,8H2,1-2H3,(H,21,24). The van der Waals surface area contributed by atoms with Crippen molar-refractivity contribution in [2.24, 2.45) is 7.05 Å². The molecule has 0 spiro atoms. The van der Waals surface area contributed by atoms with E-state index < -0.39 is 17.6 Å². The Bertz CT molecular complexity index is 831. The Hall–Kier alpha value is -2.46. The average molecular weight is 356 g/mol. The molecule has 2 aromatic rings. The number of carbonyl (C=O) groups excluding carboxylic acids is 1. The molecular formula is C16H13ClF3N3O. The third-order valence-corrected chi connectivity index (χ3v) is 3.57. The molecule has 0 atom stereocenters. The second-order valence-electron chi connectivity index (χ2n) is 4.94. The summed E-state index contributed by atoms with van der Waals surface area (Å²) in [4.78, 5) is 12.0. The van der Waals surface area contributed by atoms with Crippen LogP contribution in [0.3, 0.4) is 0 Å². The van der Waals surface area contributed by atoms with Gasteiger partial charge < -0.3 is 5.32 Å². The van der Waals surface area contributed by atoms with Gasteiger partial charge in [-0.05, 0) is 25.1 Å². The molecule has 24 heavy (non-hydrogen) atoms. The second kappa shape index (κ2) is 6.97. The molecular weight excluding hydrogens is 343 g/mol. The Labute approximate surface area is 141 Å². The SMILES string of the molecule is Cc1nn(C)c(Cl)c1C(=O)NCC#Cc1cccc(C(F)(F)F)c1. The molecule has 1 heterocycles. The molecule has 0 aliphatic rings. The van der Waals surface area contributed by atoms with Crippen molar-refractivity contribution >= 4 is 17.5 Å². The van der Waals surface area contributed by atoms with E-state index in [2.05, 4.69) is 22.3 Å². The maximum absolute atomic E-state index is 12.6. The first kappa shape index (κ1) is 17.9. The molecule has 0 fully saturated rings. The number of carbonyl (C=O) groups is 1. The van der Waals surface area contributed by atoms with Crippen molar-refractivity contribution in [2.45, 2.75) is 13.1 Å². The van der Waals surface area contributed by atoms with Gasteiger partial charge in [0.15, 0.2) is 0 Å². The van der Waals surface area contributed by atoms with Gasteiger partial charge in [0.2, 0.25) is 0 Å². The van der Waals surface area contributed by atoms with E-state index in [0.29, 0.717) is 5.69 Å². The predicted molar refractivity (Wildman–Crippen MR) is 83.6 cm³/mol. The number of benzene rings is 1. The molecule has 126 valence electrons. The van der Waals surface area contributed by atoms with Crippen molar-refractivity contribution in [3.05, 3.63) is 51.8 Å². The van der Waals surface area contributed by atoms with Gasteiger partial charge in [0.05, 0.1) is 23.4 Å². The molecule has 0 aliphatic carbocycles. The van der Waals surface area contributed by atoms with Crippen molar-refractivity contribution < 1.29 is 18.0 Å². The summed E-state index contributed by atoms with van der Waals surface area (Å²) in [6.45, 7) is 1.62. The fourth-order valence-corrected chi connectivity index (χ4v) is 2.28. The molecule has 1 N–H and O–H groups in total. The van der Waals surface area contributed by atoms with Crippen LogP contribution in [0, 0.1) is 18.8 Å². The van der Waals surface area contributed by atoms with Gasteiger partial charge >= 0.3 is 6.18 Å². The van der Waals surface area contributed by atoms with E-state index in [1.54, 1.807) is 14.0 Å². The zero-order valence-corrected chi connectivity index (χ0v) is 13.6. The summed E-state index contributed by atoms with van der Waals surface area (Å²) in [6.07, 6.45) is -4.42. The lowest BCUT2D eigenvalue weighted by Crippen LogP contribution is -2.24. The summed E-state index contributed by atoms with van der Waals surface area (Å²) in [7, 11) is 1.61. The van der Waals surface area contributed by atoms with E-state index in [9.17, 15) is 18.0 Å². The molecule has 8 heteroatoms. The molecule has 0 unspecified atom stereocenters. The van der Waals surface area contributed by atoms with Gasteiger partial charge in [-0.2, -0.15) is 18.3 Å². The summed E-state index contributed by atoms with van der Waals surface area (Å²) >= 11 is 5.97. The fraction of sp³-hybridized carbons (Fsp3) is 0.250. The van der Waals surface area contributed by atoms with Crippen molar-refractivity contribution in [1.29, 1.82) is 0 Å². The van der Waals surface area contributed by atoms with E-state index in [1.807, 2.05) is 0 Å². The van der Waals surface area contributed by atoms with Crippen LogP contribution in [-0.4, -0.2) is 22.2 Å². The van der Waals surface area contributed by atoms with Crippen LogP contribution in [0.15, 0.2) is 24.3 Å². The lowest BCUT2D eigenvalue weighted by atomic mass is 10.1. The van der Waals surface area contributed by atoms with E-state index in [-0.39, 0.29) is 22.8 Å². The minimum atomic E-state index is -4.42. The first-order valence-electron chi connectivity index (χ1n) is 6.83. The number of nitrogens with zero attached hydrogens (tertiary/aromatic N) is 2. The highest BCUT2D eigenvalue weighted by Gasteiger charge is 2.30. The van der Waals surface area contributed by atoms with Gasteiger partial charge in [0.1, 0.15) is 5.15 Å². The zero-order chi connectivity index (χ0) is 17.9. The molecule has 2 rings (SSSR count). The van der Waals surface area contributed by atoms with E-state index in [1.165, 1.54) is 16.8 Å². The molecule has 0 radical (unpaired) electrons. The number of halogens is 4. The van der Waals surface area contributed by atoms with Crippen LogP contribution in [-0.2, 0) is 13.2 Å². The number of aryl methyl sites for hydroxylation is 2. The minimum Gasteiger partial charge on any atom is -0.341 e. The zero-order valence-electron chi connectivity index (χ0n) is 12.8. The van der Waals surface area contributed by atoms with Crippen molar-refractivity contribution in [2.75, 3.05) is 6.54 Å². The molecule has 1 amide bonds. The predicted octanol–water partition coefficient (Wildman–Crippen LogP) is 3.18. The summed E-state index contributed by atoms with van der Waals surface area (Å²) in [5.74, 6) is 4.75. The number of aromatic nitrogens is 2. The van der Waals surface area contributed by atoms with Gasteiger partial charge in [0, 0.05) is 12.6 Å². The van der Waals surface area contributed by atoms with Crippen LogP contribution in [0.25, 0.3) is 0 Å². The molecule has 0 saturated heterocycles. The summed E-state index contributed by atoms with van der Waals surface area (Å²) < 4.78 is 39.2. The Morgan fingerprint density at radius 2 is 2.12 bits per heavy atom. The first-order valence-corrected chi connectivity index (χ1v) is 7.21. The van der Waals surface area contributed by atoms with Crippen molar-refractivity contribution in [3.8, 4) is 11.8 Å². The number of rotatable bonds is 2. The van der Waals surface area contributed by atoms with Crippen LogP contribution in [0.2, 0.25) is 5.15 Å². The largest absolute Gasteiger partial charge is 0.416 e. The third-order valence-electron chi connectivity index (χ3n) is 3.14. The third kappa shape index (κ3) is 4.09. The van der Waals surface area contributed by atoms with E-state index in [4.69, 9.17) is 11.6 Å². The molecule has 1 aromatic heterocycles. The molecule has 0 saturated carbocycles. The number of alkyl halides is 3. The average Bonchev–Trinajstić information content (AvgIpc) is 2.76. The van der Waals surface area contributed by atoms with Gasteiger partial charge in [-0.15, -0.1) is 0 Å². The normalized spacial score (nSPS) is 10.9. The number of hydrogen-bond donors (Lipinski definition) is 1. The maximum Gasteiger partial charge on any atom is 0.416 e. The Morgan fingerprint density at radius 1 is 1.42 bits per heavy atom. The number of hydrogen-bond acceptors (Lipinski definition) is 2. The second-order valence-corrected chi connectivity index (χ2v) is 5.30. The van der Waals surface area contributed by atoms with Crippen LogP contribution in [0.1, 0.15) is 27.2 Å². The lowest BCUT2D eigenvalue weighted by molar-refractivity contribution is -0.137. The highest BCUT2D eigenvalue weighted by molar-refractivity contribution is 6.33. The van der Waals surface area contributed by atoms with Gasteiger partial charge in [-0.1, -0.05) is 29.5 Å². The maximum atomic E-state index is 12.6. The summed E-state index contributed by atoms with van der Waals surface area (Å²) in [5, 5.41) is 6.76. The number of amides is 1. The monoisotopic (exact) mass is 355 g/mol. The van der Waals surface area contributed by atoms with Crippen LogP contribution >= 0.6 is 11.6 Å². The van der Waals surface area contributed by atoms with Crippen molar-refractivity contribution in [1.82, 2.24) is 15.1 Å². The van der Waals surface area contributed by atoms with Gasteiger partial charge in [-0.3, -0.25) is 9.48 Å². The smallest absolute Gasteiger partial charge is 0.341 e. The highest BCUT2D eigenvalue weighted by Crippen LogP contribution is 2.29. The Kier molecular flexibility index (Phi) is 5.20. The van der Waals surface area contributed by atoms with Crippen LogP contribution < -0.4 is 5.32 Å². The summed E-state index contributed by atoms with van der Waals surface area (Å²) in [5.41, 5.74) is 0.177. The molecule has 0 bridgehead atoms. The molecule has 1 aromatic carbocycles. The molecule has 4 nitrogen and oxygen atoms in total. The van der Waals surface area contributed by atoms with Crippen LogP contribution in [0.4, 0.5) is 13.2 Å². The van der Waals surface area contributed by atoms with Crippen LogP contribution in [0.5, 0.6) is 0 Å². The Balaban J connectivity index is 2.03. The highest BCUT2D eigenvalue weighted by atomic mass is 35.5. The van der Waals surface area contributed by atoms with E-state index >= 15 is 0 Å². The van der Waals surface area contributed by atoms with Gasteiger partial charge in [-0.25, -0.2) is 0 Å². The topological polar surface area (TPSA) is 46.9 Å². The first-order chi connectivity index (χ1) is 11.2. The lowest BCUT2D eigenvalue weighted by Gasteiger charge is -2.05. The van der Waals surface area contributed by atoms with Crippen molar-refractivity contribution in [3.63, 3.8) is 0 Å². The fourth-order valence-electron chi connectivity index (χ4n) is 2.02. The minimum absolute atomic E-state index is 0.0280. The van der Waals surface area contributed by atoms with Gasteiger partial charge in [0.25, 0.3) is 5.91 Å². The quantitative estimate of drug-likeness (QED) is 0.841. The Morgan fingerprint density at radius 3 is 2.71 bits per heavy atom. The summed E-state index contributed by atoms with van der Waals surface area (Å²) in [6, 6.07) is 4.67. The van der Waals surface area contributed by atoms with E-state index in [0.717, 1.165) is 12.1 Å². The molecule has 0 aliphatic heterocycles. The number of nitrogens with one attached hydrogen (secondary N) is 1.